The highest BCUT2D eigenvalue weighted by molar-refractivity contribution is 5.83. The second-order valence-electron chi connectivity index (χ2n) is 6.57. The van der Waals surface area contributed by atoms with Crippen LogP contribution in [0, 0.1) is 17.6 Å². The number of benzene rings is 1. The number of carbonyl (C=O) groups is 1. The van der Waals surface area contributed by atoms with Gasteiger partial charge in [-0.15, -0.1) is 0 Å². The smallest absolute Gasteiger partial charge is 0.226 e. The van der Waals surface area contributed by atoms with Crippen molar-refractivity contribution in [1.29, 1.82) is 0 Å². The maximum Gasteiger partial charge on any atom is 0.226 e. The Balaban J connectivity index is 1.72. The molecule has 0 bridgehead atoms. The van der Waals surface area contributed by atoms with Crippen molar-refractivity contribution in [2.75, 3.05) is 6.54 Å². The number of carbonyl (C=O) groups excluding carboxylic acids is 1. The van der Waals surface area contributed by atoms with Crippen LogP contribution in [0.5, 0.6) is 0 Å². The van der Waals surface area contributed by atoms with E-state index >= 15 is 0 Å². The zero-order valence-electron chi connectivity index (χ0n) is 12.8. The molecule has 0 radical (unpaired) electrons. The topological polar surface area (TPSA) is 46.3 Å². The summed E-state index contributed by atoms with van der Waals surface area (Å²) in [6.45, 7) is 2.67. The summed E-state index contributed by atoms with van der Waals surface area (Å²) in [7, 11) is 0. The van der Waals surface area contributed by atoms with E-state index in [0.717, 1.165) is 31.9 Å². The average Bonchev–Trinajstić information content (AvgIpc) is 3.26. The molecule has 5 heteroatoms. The minimum atomic E-state index is -0.585. The molecule has 1 aliphatic heterocycles. The van der Waals surface area contributed by atoms with Crippen LogP contribution in [0.25, 0.3) is 0 Å². The summed E-state index contributed by atoms with van der Waals surface area (Å²) >= 11 is 0. The number of hydrogen-bond acceptors (Lipinski definition) is 2. The third-order valence-corrected chi connectivity index (χ3v) is 4.91. The Kier molecular flexibility index (Phi) is 4.17. The van der Waals surface area contributed by atoms with Gasteiger partial charge in [-0.1, -0.05) is 6.07 Å². The van der Waals surface area contributed by atoms with Crippen LogP contribution in [-0.4, -0.2) is 29.4 Å². The van der Waals surface area contributed by atoms with Gasteiger partial charge in [0.25, 0.3) is 0 Å². The van der Waals surface area contributed by atoms with E-state index in [-0.39, 0.29) is 29.8 Å². The Morgan fingerprint density at radius 2 is 2.14 bits per heavy atom. The van der Waals surface area contributed by atoms with Gasteiger partial charge in [0.15, 0.2) is 0 Å². The molecule has 1 saturated carbocycles. The fraction of sp³-hybridized carbons (Fsp3) is 0.588. The zero-order valence-corrected chi connectivity index (χ0v) is 12.8. The highest BCUT2D eigenvalue weighted by atomic mass is 19.1. The Labute approximate surface area is 129 Å². The van der Waals surface area contributed by atoms with Gasteiger partial charge in [-0.3, -0.25) is 4.79 Å². The lowest BCUT2D eigenvalue weighted by atomic mass is 9.96. The molecule has 1 aromatic rings. The predicted octanol–water partition coefficient (Wildman–Crippen LogP) is 2.80. The molecule has 1 aliphatic carbocycles. The van der Waals surface area contributed by atoms with Gasteiger partial charge in [0, 0.05) is 30.6 Å². The van der Waals surface area contributed by atoms with E-state index in [1.54, 1.807) is 0 Å². The van der Waals surface area contributed by atoms with Crippen molar-refractivity contribution < 1.29 is 13.6 Å². The lowest BCUT2D eigenvalue weighted by Gasteiger charge is -2.38. The van der Waals surface area contributed by atoms with Crippen molar-refractivity contribution in [2.45, 2.75) is 50.6 Å². The summed E-state index contributed by atoms with van der Waals surface area (Å²) in [4.78, 5) is 14.6. The van der Waals surface area contributed by atoms with Gasteiger partial charge in [0.2, 0.25) is 5.91 Å². The van der Waals surface area contributed by atoms with Gasteiger partial charge in [0.1, 0.15) is 11.6 Å². The zero-order chi connectivity index (χ0) is 15.9. The first kappa shape index (κ1) is 15.4. The van der Waals surface area contributed by atoms with Crippen LogP contribution in [0.1, 0.15) is 44.1 Å². The van der Waals surface area contributed by atoms with Crippen LogP contribution < -0.4 is 5.73 Å². The third-order valence-electron chi connectivity index (χ3n) is 4.91. The minimum absolute atomic E-state index is 0.0518. The molecular formula is C17H22F2N2O. The summed E-state index contributed by atoms with van der Waals surface area (Å²) in [5.74, 6) is -1.36. The quantitative estimate of drug-likeness (QED) is 0.933. The fourth-order valence-electron chi connectivity index (χ4n) is 3.60. The first-order valence-electron chi connectivity index (χ1n) is 8.00. The molecule has 2 aliphatic rings. The van der Waals surface area contributed by atoms with E-state index in [1.807, 2.05) is 11.8 Å². The SMILES string of the molecule is CC(N)C1CCCCN1C(=O)C1CC1c1ccc(F)cc1F. The Morgan fingerprint density at radius 3 is 2.82 bits per heavy atom. The number of amides is 1. The Morgan fingerprint density at radius 1 is 1.36 bits per heavy atom. The molecule has 1 aromatic carbocycles. The number of hydrogen-bond donors (Lipinski definition) is 1. The maximum absolute atomic E-state index is 13.8. The molecule has 0 spiro atoms. The summed E-state index contributed by atoms with van der Waals surface area (Å²) in [6, 6.07) is 3.64. The number of nitrogens with two attached hydrogens (primary N) is 1. The minimum Gasteiger partial charge on any atom is -0.338 e. The normalized spacial score (nSPS) is 29.3. The van der Waals surface area contributed by atoms with E-state index in [0.29, 0.717) is 12.0 Å². The first-order valence-corrected chi connectivity index (χ1v) is 8.00. The van der Waals surface area contributed by atoms with Gasteiger partial charge in [-0.05, 0) is 50.2 Å². The van der Waals surface area contributed by atoms with Gasteiger partial charge < -0.3 is 10.6 Å². The molecule has 4 unspecified atom stereocenters. The first-order chi connectivity index (χ1) is 10.5. The number of nitrogens with zero attached hydrogens (tertiary/aromatic N) is 1. The Hall–Kier alpha value is -1.49. The van der Waals surface area contributed by atoms with Crippen molar-refractivity contribution in [3.8, 4) is 0 Å². The van der Waals surface area contributed by atoms with Crippen molar-refractivity contribution in [3.63, 3.8) is 0 Å². The van der Waals surface area contributed by atoms with Crippen molar-refractivity contribution in [2.24, 2.45) is 11.7 Å². The molecular weight excluding hydrogens is 286 g/mol. The highest BCUT2D eigenvalue weighted by Gasteiger charge is 2.48. The summed E-state index contributed by atoms with van der Waals surface area (Å²) < 4.78 is 26.8. The molecule has 1 saturated heterocycles. The second kappa shape index (κ2) is 5.95. The number of rotatable bonds is 3. The van der Waals surface area contributed by atoms with Crippen LogP contribution in [0.4, 0.5) is 8.78 Å². The summed E-state index contributed by atoms with van der Waals surface area (Å²) in [5.41, 5.74) is 6.46. The largest absolute Gasteiger partial charge is 0.338 e. The number of piperidine rings is 1. The second-order valence-corrected chi connectivity index (χ2v) is 6.57. The highest BCUT2D eigenvalue weighted by Crippen LogP contribution is 2.49. The van der Waals surface area contributed by atoms with Crippen LogP contribution in [-0.2, 0) is 4.79 Å². The molecule has 120 valence electrons. The van der Waals surface area contributed by atoms with Crippen LogP contribution in [0.2, 0.25) is 0 Å². The van der Waals surface area contributed by atoms with Gasteiger partial charge in [-0.25, -0.2) is 8.78 Å². The number of likely N-dealkylation sites (tertiary alicyclic amines) is 1. The van der Waals surface area contributed by atoms with Crippen LogP contribution in [0.15, 0.2) is 18.2 Å². The number of halogens is 2. The average molecular weight is 308 g/mol. The van der Waals surface area contributed by atoms with Crippen molar-refractivity contribution in [1.82, 2.24) is 4.90 Å². The lowest BCUT2D eigenvalue weighted by molar-refractivity contribution is -0.136. The molecule has 4 atom stereocenters. The third kappa shape index (κ3) is 2.86. The Bertz CT molecular complexity index is 576. The molecule has 0 aromatic heterocycles. The molecule has 3 nitrogen and oxygen atoms in total. The maximum atomic E-state index is 13.8. The van der Waals surface area contributed by atoms with E-state index < -0.39 is 11.6 Å². The summed E-state index contributed by atoms with van der Waals surface area (Å²) in [5, 5.41) is 0. The van der Waals surface area contributed by atoms with Crippen LogP contribution >= 0.6 is 0 Å². The van der Waals surface area contributed by atoms with Gasteiger partial charge in [-0.2, -0.15) is 0 Å². The molecule has 2 fully saturated rings. The van der Waals surface area contributed by atoms with E-state index in [1.165, 1.54) is 12.1 Å². The molecule has 1 heterocycles. The predicted molar refractivity (Wildman–Crippen MR) is 80.2 cm³/mol. The van der Waals surface area contributed by atoms with Crippen LogP contribution in [0.3, 0.4) is 0 Å². The monoisotopic (exact) mass is 308 g/mol. The van der Waals surface area contributed by atoms with Gasteiger partial charge >= 0.3 is 0 Å². The molecule has 22 heavy (non-hydrogen) atoms. The molecule has 3 rings (SSSR count). The van der Waals surface area contributed by atoms with E-state index in [2.05, 4.69) is 0 Å². The van der Waals surface area contributed by atoms with Gasteiger partial charge in [0.05, 0.1) is 0 Å². The summed E-state index contributed by atoms with van der Waals surface area (Å²) in [6.07, 6.45) is 3.67. The van der Waals surface area contributed by atoms with E-state index in [9.17, 15) is 13.6 Å². The fourth-order valence-corrected chi connectivity index (χ4v) is 3.60. The lowest BCUT2D eigenvalue weighted by Crippen LogP contribution is -2.52. The standard InChI is InChI=1S/C17H22F2N2O/c1-10(20)16-4-2-3-7-21(16)17(22)14-9-13(14)12-6-5-11(18)8-15(12)19/h5-6,8,10,13-14,16H,2-4,7,9,20H2,1H3. The molecule has 2 N–H and O–H groups in total. The van der Waals surface area contributed by atoms with Crippen molar-refractivity contribution >= 4 is 5.91 Å². The molecule has 1 amide bonds. The van der Waals surface area contributed by atoms with E-state index in [4.69, 9.17) is 5.73 Å². The van der Waals surface area contributed by atoms with Crippen molar-refractivity contribution in [3.05, 3.63) is 35.4 Å².